The monoisotopic (exact) mass is 498 g/mol. The van der Waals surface area contributed by atoms with E-state index in [0.29, 0.717) is 11.9 Å². The molecule has 1 amide bonds. The molecule has 0 aromatic heterocycles. The van der Waals surface area contributed by atoms with Crippen molar-refractivity contribution in [2.75, 3.05) is 32.9 Å². The number of amides is 1. The van der Waals surface area contributed by atoms with Gasteiger partial charge in [-0.3, -0.25) is 4.79 Å². The van der Waals surface area contributed by atoms with Crippen LogP contribution in [0.15, 0.2) is 60.7 Å². The van der Waals surface area contributed by atoms with Crippen molar-refractivity contribution in [1.82, 2.24) is 9.80 Å². The third-order valence-corrected chi connectivity index (χ3v) is 9.38. The number of unbranched alkanes of at least 4 members (excludes halogenated alkanes) is 2. The summed E-state index contributed by atoms with van der Waals surface area (Å²) in [5.41, 5.74) is 2.70. The zero-order chi connectivity index (χ0) is 24.4. The second-order valence-corrected chi connectivity index (χ2v) is 12.9. The lowest BCUT2D eigenvalue weighted by Crippen LogP contribution is -2.45. The lowest BCUT2D eigenvalue weighted by Gasteiger charge is -2.37. The topological polar surface area (TPSA) is 23.6 Å². The Hall–Kier alpha value is -1.43. The van der Waals surface area contributed by atoms with Gasteiger partial charge in [0.25, 0.3) is 0 Å². The van der Waals surface area contributed by atoms with Crippen LogP contribution in [0.2, 0.25) is 0 Å². The SMILES string of the molecule is CN(C)CCCCCN1C(=O)C(CSCc2ccccc2)CC1C(C)(C)SCc1ccccc1. The Morgan fingerprint density at radius 1 is 0.912 bits per heavy atom. The van der Waals surface area contributed by atoms with Crippen LogP contribution in [-0.2, 0) is 16.3 Å². The van der Waals surface area contributed by atoms with Gasteiger partial charge in [-0.1, -0.05) is 67.1 Å². The minimum absolute atomic E-state index is 0.0218. The largest absolute Gasteiger partial charge is 0.338 e. The van der Waals surface area contributed by atoms with Crippen LogP contribution in [0.1, 0.15) is 50.7 Å². The normalized spacial score (nSPS) is 18.7. The maximum absolute atomic E-state index is 13.5. The first-order valence-electron chi connectivity index (χ1n) is 12.6. The van der Waals surface area contributed by atoms with Gasteiger partial charge in [0.05, 0.1) is 0 Å². The molecule has 2 atom stereocenters. The van der Waals surface area contributed by atoms with E-state index in [0.717, 1.165) is 43.2 Å². The van der Waals surface area contributed by atoms with E-state index in [2.05, 4.69) is 98.4 Å². The quantitative estimate of drug-likeness (QED) is 0.275. The Labute approximate surface area is 216 Å². The van der Waals surface area contributed by atoms with Gasteiger partial charge in [-0.05, 0) is 64.9 Å². The van der Waals surface area contributed by atoms with Gasteiger partial charge >= 0.3 is 0 Å². The van der Waals surface area contributed by atoms with Gasteiger partial charge in [-0.2, -0.15) is 11.8 Å². The van der Waals surface area contributed by atoms with E-state index in [4.69, 9.17) is 0 Å². The Morgan fingerprint density at radius 2 is 1.53 bits per heavy atom. The molecular weight excluding hydrogens is 456 g/mol. The lowest BCUT2D eigenvalue weighted by atomic mass is 9.97. The number of carbonyl (C=O) groups is 1. The first-order chi connectivity index (χ1) is 16.4. The standard InChI is InChI=1S/C29H42N2OS2/c1-29(2,34-22-25-16-10-6-11-17-25)27-20-26(23-33-21-24-14-8-5-9-15-24)28(32)31(27)19-13-7-12-18-30(3)4/h5-6,8-11,14-17,26-27H,7,12-13,18-23H2,1-4H3. The second kappa shape index (κ2) is 13.6. The fourth-order valence-electron chi connectivity index (χ4n) is 4.67. The van der Waals surface area contributed by atoms with Crippen molar-refractivity contribution in [2.45, 2.75) is 61.8 Å². The number of rotatable bonds is 14. The molecule has 1 heterocycles. The molecule has 3 nitrogen and oxygen atoms in total. The predicted octanol–water partition coefficient (Wildman–Crippen LogP) is 6.58. The lowest BCUT2D eigenvalue weighted by molar-refractivity contribution is -0.131. The number of benzene rings is 2. The summed E-state index contributed by atoms with van der Waals surface area (Å²) in [5, 5.41) is 0. The first kappa shape index (κ1) is 27.2. The van der Waals surface area contributed by atoms with E-state index < -0.39 is 0 Å². The molecule has 0 spiro atoms. The van der Waals surface area contributed by atoms with Crippen molar-refractivity contribution in [3.05, 3.63) is 71.8 Å². The highest BCUT2D eigenvalue weighted by molar-refractivity contribution is 7.99. The fraction of sp³-hybridized carbons (Fsp3) is 0.552. The summed E-state index contributed by atoms with van der Waals surface area (Å²) >= 11 is 3.91. The van der Waals surface area contributed by atoms with E-state index in [1.165, 1.54) is 24.0 Å². The summed E-state index contributed by atoms with van der Waals surface area (Å²) in [6.45, 7) is 6.70. The molecule has 3 rings (SSSR count). The molecule has 2 unspecified atom stereocenters. The van der Waals surface area contributed by atoms with Crippen LogP contribution in [0, 0.1) is 5.92 Å². The van der Waals surface area contributed by atoms with E-state index in [1.807, 2.05) is 23.5 Å². The second-order valence-electron chi connectivity index (χ2n) is 10.2. The van der Waals surface area contributed by atoms with Gasteiger partial charge in [-0.25, -0.2) is 0 Å². The average Bonchev–Trinajstić information content (AvgIpc) is 3.15. The van der Waals surface area contributed by atoms with E-state index in [-0.39, 0.29) is 10.7 Å². The predicted molar refractivity (Wildman–Crippen MR) is 150 cm³/mol. The number of hydrogen-bond acceptors (Lipinski definition) is 4. The van der Waals surface area contributed by atoms with Gasteiger partial charge in [0.1, 0.15) is 0 Å². The number of likely N-dealkylation sites (tertiary alicyclic amines) is 1. The highest BCUT2D eigenvalue weighted by Gasteiger charge is 2.46. The van der Waals surface area contributed by atoms with Gasteiger partial charge in [-0.15, -0.1) is 11.8 Å². The molecule has 2 aromatic rings. The number of nitrogens with zero attached hydrogens (tertiary/aromatic N) is 2. The van der Waals surface area contributed by atoms with Gasteiger partial charge < -0.3 is 9.80 Å². The highest BCUT2D eigenvalue weighted by Crippen LogP contribution is 2.42. The minimum Gasteiger partial charge on any atom is -0.338 e. The molecule has 2 aromatic carbocycles. The molecule has 0 saturated carbocycles. The number of thioether (sulfide) groups is 2. The molecule has 5 heteroatoms. The maximum atomic E-state index is 13.5. The van der Waals surface area contributed by atoms with Crippen molar-refractivity contribution in [3.8, 4) is 0 Å². The van der Waals surface area contributed by atoms with Crippen molar-refractivity contribution < 1.29 is 4.79 Å². The van der Waals surface area contributed by atoms with Crippen LogP contribution in [-0.4, -0.2) is 59.4 Å². The van der Waals surface area contributed by atoms with Gasteiger partial charge in [0.2, 0.25) is 5.91 Å². The summed E-state index contributed by atoms with van der Waals surface area (Å²) in [6, 6.07) is 21.6. The number of carbonyl (C=O) groups excluding carboxylic acids is 1. The van der Waals surface area contributed by atoms with Crippen LogP contribution < -0.4 is 0 Å². The van der Waals surface area contributed by atoms with Crippen molar-refractivity contribution in [3.63, 3.8) is 0 Å². The van der Waals surface area contributed by atoms with Crippen LogP contribution in [0.5, 0.6) is 0 Å². The fourth-order valence-corrected chi connectivity index (χ4v) is 6.93. The zero-order valence-electron chi connectivity index (χ0n) is 21.4. The average molecular weight is 499 g/mol. The van der Waals surface area contributed by atoms with E-state index in [1.54, 1.807) is 0 Å². The van der Waals surface area contributed by atoms with E-state index >= 15 is 0 Å². The number of hydrogen-bond donors (Lipinski definition) is 0. The Morgan fingerprint density at radius 3 is 2.15 bits per heavy atom. The smallest absolute Gasteiger partial charge is 0.226 e. The zero-order valence-corrected chi connectivity index (χ0v) is 23.0. The third kappa shape index (κ3) is 8.35. The van der Waals surface area contributed by atoms with E-state index in [9.17, 15) is 4.79 Å². The first-order valence-corrected chi connectivity index (χ1v) is 14.8. The summed E-state index contributed by atoms with van der Waals surface area (Å²) in [4.78, 5) is 18.0. The minimum atomic E-state index is 0.0218. The Balaban J connectivity index is 1.61. The van der Waals surface area contributed by atoms with Gasteiger partial charge in [0.15, 0.2) is 0 Å². The molecule has 1 saturated heterocycles. The molecule has 1 aliphatic heterocycles. The molecule has 1 aliphatic rings. The molecule has 0 N–H and O–H groups in total. The molecule has 34 heavy (non-hydrogen) atoms. The Kier molecular flexibility index (Phi) is 10.9. The summed E-state index contributed by atoms with van der Waals surface area (Å²) in [7, 11) is 4.26. The van der Waals surface area contributed by atoms with Crippen LogP contribution in [0.4, 0.5) is 0 Å². The molecule has 0 aliphatic carbocycles. The van der Waals surface area contributed by atoms with Crippen LogP contribution in [0.25, 0.3) is 0 Å². The van der Waals surface area contributed by atoms with Crippen LogP contribution in [0.3, 0.4) is 0 Å². The molecule has 1 fully saturated rings. The molecule has 186 valence electrons. The maximum Gasteiger partial charge on any atom is 0.226 e. The molecule has 0 bridgehead atoms. The van der Waals surface area contributed by atoms with Crippen molar-refractivity contribution in [1.29, 1.82) is 0 Å². The Bertz CT molecular complexity index is 857. The highest BCUT2D eigenvalue weighted by atomic mass is 32.2. The molecular formula is C29H42N2OS2. The van der Waals surface area contributed by atoms with Crippen LogP contribution >= 0.6 is 23.5 Å². The summed E-state index contributed by atoms with van der Waals surface area (Å²) in [6.07, 6.45) is 4.45. The summed E-state index contributed by atoms with van der Waals surface area (Å²) < 4.78 is 0.0218. The van der Waals surface area contributed by atoms with Crippen molar-refractivity contribution in [2.24, 2.45) is 5.92 Å². The molecule has 0 radical (unpaired) electrons. The summed E-state index contributed by atoms with van der Waals surface area (Å²) in [5.74, 6) is 3.40. The third-order valence-electron chi connectivity index (χ3n) is 6.71. The van der Waals surface area contributed by atoms with Crippen molar-refractivity contribution >= 4 is 29.4 Å². The van der Waals surface area contributed by atoms with Gasteiger partial charge in [0, 0.05) is 40.5 Å².